The van der Waals surface area contributed by atoms with E-state index in [4.69, 9.17) is 11.1 Å². The van der Waals surface area contributed by atoms with Crippen LogP contribution in [0.1, 0.15) is 19.3 Å². The minimum Gasteiger partial charge on any atom is -0.249 e. The molecular weight excluding hydrogens is 222 g/mol. The molecule has 0 spiro atoms. The van der Waals surface area contributed by atoms with Gasteiger partial charge < -0.3 is 0 Å². The number of rotatable bonds is 0. The van der Waals surface area contributed by atoms with Gasteiger partial charge in [-0.25, -0.2) is 4.39 Å². The van der Waals surface area contributed by atoms with Gasteiger partial charge in [0.15, 0.2) is 0 Å². The van der Waals surface area contributed by atoms with Crippen LogP contribution in [0.25, 0.3) is 0 Å². The lowest BCUT2D eigenvalue weighted by Gasteiger charge is -2.25. The molecule has 0 aromatic carbocycles. The van der Waals surface area contributed by atoms with Crippen LogP contribution in [0.4, 0.5) is 4.39 Å². The average molecular weight is 232 g/mol. The van der Waals surface area contributed by atoms with Gasteiger partial charge in [-0.2, -0.15) is 0 Å². The van der Waals surface area contributed by atoms with Crippen LogP contribution in [0.15, 0.2) is 0 Å². The zero-order valence-electron chi connectivity index (χ0n) is 5.04. The van der Waals surface area contributed by atoms with Crippen molar-refractivity contribution in [2.75, 3.05) is 0 Å². The lowest BCUT2D eigenvalue weighted by Crippen LogP contribution is -2.35. The molecule has 0 aliphatic carbocycles. The molecule has 2 atom stereocenters. The van der Waals surface area contributed by atoms with E-state index in [0.29, 0.717) is 6.42 Å². The Morgan fingerprint density at radius 1 is 1.56 bits per heavy atom. The van der Waals surface area contributed by atoms with E-state index in [1.807, 2.05) is 0 Å². The van der Waals surface area contributed by atoms with Gasteiger partial charge >= 0.3 is 0 Å². The molecule has 0 saturated carbocycles. The Kier molecular flexibility index (Phi) is 2.57. The second-order valence-electron chi connectivity index (χ2n) is 2.47. The first-order chi connectivity index (χ1) is 4.13. The van der Waals surface area contributed by atoms with Crippen molar-refractivity contribution in [3.63, 3.8) is 0 Å². The second-order valence-corrected chi connectivity index (χ2v) is 12.8. The van der Waals surface area contributed by atoms with Crippen LogP contribution in [0.5, 0.6) is 0 Å². The fraction of sp³-hybridized carbons (Fsp3) is 1.00. The van der Waals surface area contributed by atoms with E-state index in [-0.39, 0.29) is 0 Å². The predicted octanol–water partition coefficient (Wildman–Crippen LogP) is 3.12. The van der Waals surface area contributed by atoms with Gasteiger partial charge in [0.1, 0.15) is 5.79 Å². The summed E-state index contributed by atoms with van der Waals surface area (Å²) in [4.78, 5) is 0. The van der Waals surface area contributed by atoms with Crippen molar-refractivity contribution < 1.29 is 4.39 Å². The van der Waals surface area contributed by atoms with Gasteiger partial charge in [-0.05, 0) is 12.5 Å². The zero-order valence-corrected chi connectivity index (χ0v) is 8.38. The lowest BCUT2D eigenvalue weighted by molar-refractivity contribution is 0.386. The molecule has 0 nitrogen and oxygen atoms in total. The van der Waals surface area contributed by atoms with Crippen LogP contribution in [0, 0.1) is 0 Å². The Bertz CT molecular complexity index is 109. The molecule has 1 heterocycles. The van der Waals surface area contributed by atoms with Crippen LogP contribution >= 0.6 is 26.4 Å². The van der Waals surface area contributed by atoms with E-state index in [9.17, 15) is 4.39 Å². The third-order valence-corrected chi connectivity index (χ3v) is 7.86. The van der Waals surface area contributed by atoms with Crippen molar-refractivity contribution in [3.8, 4) is 0 Å². The maximum Gasteiger partial charge on any atom is 0.259 e. The molecule has 0 aromatic rings. The summed E-state index contributed by atoms with van der Waals surface area (Å²) >= 11 is 9.19. The Morgan fingerprint density at radius 2 is 2.22 bits per heavy atom. The number of alkyl halides is 1. The smallest absolute Gasteiger partial charge is 0.249 e. The van der Waals surface area contributed by atoms with E-state index < -0.39 is 11.8 Å². The van der Waals surface area contributed by atoms with Crippen molar-refractivity contribution in [1.82, 2.24) is 0 Å². The maximum atomic E-state index is 12.8. The first-order valence-electron chi connectivity index (χ1n) is 3.15. The van der Waals surface area contributed by atoms with Gasteiger partial charge in [0.25, 0.3) is 6.00 Å². The van der Waals surface area contributed by atoms with Crippen molar-refractivity contribution >= 4 is 32.4 Å². The molecule has 4 heteroatoms. The highest BCUT2D eigenvalue weighted by Crippen LogP contribution is 2.37. The molecule has 0 bridgehead atoms. The van der Waals surface area contributed by atoms with Crippen LogP contribution < -0.4 is 0 Å². The molecule has 0 amide bonds. The van der Waals surface area contributed by atoms with Crippen molar-refractivity contribution in [3.05, 3.63) is 0 Å². The molecule has 2 unspecified atom stereocenters. The summed E-state index contributed by atoms with van der Waals surface area (Å²) in [6.45, 7) is 0. The van der Waals surface area contributed by atoms with Gasteiger partial charge in [-0.1, -0.05) is 12.8 Å². The van der Waals surface area contributed by atoms with Gasteiger partial charge in [-0.15, -0.1) is 26.4 Å². The highest BCUT2D eigenvalue weighted by atomic mass is 79.9. The van der Waals surface area contributed by atoms with Crippen molar-refractivity contribution in [2.24, 2.45) is 0 Å². The molecule has 54 valence electrons. The topological polar surface area (TPSA) is 0 Å². The van der Waals surface area contributed by atoms with Crippen LogP contribution in [-0.4, -0.2) is 11.8 Å². The molecule has 0 N–H and O–H groups in total. The number of halogens is 3. The Hall–Kier alpha value is 0.917. The van der Waals surface area contributed by atoms with Crippen LogP contribution in [0.2, 0.25) is 6.04 Å². The van der Waals surface area contributed by atoms with E-state index >= 15 is 0 Å². The first-order valence-corrected chi connectivity index (χ1v) is 8.70. The highest BCUT2D eigenvalue weighted by Gasteiger charge is 2.40. The summed E-state index contributed by atoms with van der Waals surface area (Å²) in [6.07, 6.45) is 2.77. The molecule has 0 aromatic heterocycles. The third-order valence-electron chi connectivity index (χ3n) is 1.68. The zero-order chi connectivity index (χ0) is 6.91. The van der Waals surface area contributed by atoms with Crippen molar-refractivity contribution in [2.45, 2.75) is 31.1 Å². The van der Waals surface area contributed by atoms with Gasteiger partial charge in [0.05, 0.1) is 0 Å². The van der Waals surface area contributed by atoms with E-state index in [0.717, 1.165) is 18.9 Å². The molecule has 0 radical (unpaired) electrons. The first kappa shape index (κ1) is 8.02. The Labute approximate surface area is 68.1 Å². The van der Waals surface area contributed by atoms with Crippen LogP contribution in [0.3, 0.4) is 0 Å². The summed E-state index contributed by atoms with van der Waals surface area (Å²) in [6, 6.07) is -1.19. The summed E-state index contributed by atoms with van der Waals surface area (Å²) in [5.74, 6) is -0.729. The standard InChI is InChI=1S/C5H9BrClFSi/c6-9(7)4-2-1-3-5(9)8/h5H,1-4H2. The van der Waals surface area contributed by atoms with Gasteiger partial charge in [0, 0.05) is 0 Å². The molecule has 1 saturated heterocycles. The molecule has 1 aliphatic heterocycles. The maximum absolute atomic E-state index is 12.8. The molecular formula is C5H9BrClFSi. The molecule has 1 fully saturated rings. The SMILES string of the molecule is FC1CCCC[Si]1(Cl)Br. The van der Waals surface area contributed by atoms with Crippen molar-refractivity contribution in [1.29, 1.82) is 0 Å². The van der Waals surface area contributed by atoms with E-state index in [2.05, 4.69) is 15.3 Å². The summed E-state index contributed by atoms with van der Waals surface area (Å²) in [5.41, 5.74) is 0. The van der Waals surface area contributed by atoms with Gasteiger partial charge in [0.2, 0.25) is 0 Å². The Balaban J connectivity index is 2.49. The fourth-order valence-electron chi connectivity index (χ4n) is 1.05. The largest absolute Gasteiger partial charge is 0.259 e. The fourth-order valence-corrected chi connectivity index (χ4v) is 4.97. The van der Waals surface area contributed by atoms with Crippen LogP contribution in [-0.2, 0) is 0 Å². The Morgan fingerprint density at radius 3 is 2.56 bits per heavy atom. The number of hydrogen-bond acceptors (Lipinski definition) is 0. The summed E-state index contributed by atoms with van der Waals surface area (Å²) < 4.78 is 12.8. The summed E-state index contributed by atoms with van der Waals surface area (Å²) in [5, 5.41) is 0. The molecule has 1 aliphatic rings. The highest BCUT2D eigenvalue weighted by molar-refractivity contribution is 9.27. The minimum atomic E-state index is -2.08. The molecule has 9 heavy (non-hydrogen) atoms. The second kappa shape index (κ2) is 2.89. The summed E-state index contributed by atoms with van der Waals surface area (Å²) in [7, 11) is 0. The quantitative estimate of drug-likeness (QED) is 0.444. The monoisotopic (exact) mass is 230 g/mol. The minimum absolute atomic E-state index is 0.668. The van der Waals surface area contributed by atoms with E-state index in [1.54, 1.807) is 0 Å². The average Bonchev–Trinajstić information content (AvgIpc) is 1.77. The van der Waals surface area contributed by atoms with Gasteiger partial charge in [-0.3, -0.25) is 0 Å². The normalized spacial score (nSPS) is 45.0. The number of hydrogen-bond donors (Lipinski definition) is 0. The predicted molar refractivity (Wildman–Crippen MR) is 44.1 cm³/mol. The lowest BCUT2D eigenvalue weighted by atomic mass is 10.2. The third kappa shape index (κ3) is 1.92. The molecule has 1 rings (SSSR count). The van der Waals surface area contributed by atoms with E-state index in [1.165, 1.54) is 0 Å².